The highest BCUT2D eigenvalue weighted by Crippen LogP contribution is 2.23. The second-order valence-electron chi connectivity index (χ2n) is 8.41. The maximum Gasteiger partial charge on any atom is 0.252 e. The van der Waals surface area contributed by atoms with Gasteiger partial charge in [0, 0.05) is 16.3 Å². The zero-order chi connectivity index (χ0) is 26.0. The maximum absolute atomic E-state index is 13.2. The van der Waals surface area contributed by atoms with E-state index in [0.29, 0.717) is 34.2 Å². The summed E-state index contributed by atoms with van der Waals surface area (Å²) in [4.78, 5) is 26.2. The van der Waals surface area contributed by atoms with E-state index in [1.807, 2.05) is 60.7 Å². The Balaban J connectivity index is 1.43. The van der Waals surface area contributed by atoms with E-state index in [1.54, 1.807) is 49.4 Å². The largest absolute Gasteiger partial charge is 0.457 e. The molecule has 6 nitrogen and oxygen atoms in total. The second-order valence-corrected chi connectivity index (χ2v) is 8.85. The van der Waals surface area contributed by atoms with Crippen molar-refractivity contribution < 1.29 is 19.1 Å². The van der Waals surface area contributed by atoms with Crippen LogP contribution in [0.2, 0.25) is 5.02 Å². The smallest absolute Gasteiger partial charge is 0.252 e. The average molecular weight is 515 g/mol. The molecule has 1 atom stereocenters. The molecule has 0 bridgehead atoms. The minimum absolute atomic E-state index is 0.00565. The predicted molar refractivity (Wildman–Crippen MR) is 145 cm³/mol. The lowest BCUT2D eigenvalue weighted by Gasteiger charge is -2.19. The van der Waals surface area contributed by atoms with E-state index in [1.165, 1.54) is 0 Å². The van der Waals surface area contributed by atoms with Crippen LogP contribution in [0.15, 0.2) is 103 Å². The standard InChI is InChI=1S/C30H27ClN2O4/c1-21-18-23(31)12-17-27(21)29(34)33-28(20-36-19-22-8-4-2-5-9-22)30(35)32-24-13-15-26(16-14-24)37-25-10-6-3-7-11-25/h2-18,28H,19-20H2,1H3,(H,32,35)(H,33,34). The van der Waals surface area contributed by atoms with Crippen molar-refractivity contribution in [3.8, 4) is 11.5 Å². The summed E-state index contributed by atoms with van der Waals surface area (Å²) < 4.78 is 11.6. The third-order valence-corrected chi connectivity index (χ3v) is 5.79. The van der Waals surface area contributed by atoms with Crippen molar-refractivity contribution in [3.63, 3.8) is 0 Å². The molecule has 37 heavy (non-hydrogen) atoms. The Morgan fingerprint density at radius 1 is 0.838 bits per heavy atom. The topological polar surface area (TPSA) is 76.7 Å². The van der Waals surface area contributed by atoms with Crippen LogP contribution in [0.4, 0.5) is 5.69 Å². The van der Waals surface area contributed by atoms with Crippen LogP contribution in [0.1, 0.15) is 21.5 Å². The van der Waals surface area contributed by atoms with Crippen molar-refractivity contribution in [1.29, 1.82) is 0 Å². The number of carbonyl (C=O) groups is 2. The number of aryl methyl sites for hydroxylation is 1. The number of benzene rings is 4. The van der Waals surface area contributed by atoms with Gasteiger partial charge < -0.3 is 20.1 Å². The summed E-state index contributed by atoms with van der Waals surface area (Å²) in [6.07, 6.45) is 0. The molecule has 4 aromatic carbocycles. The molecule has 7 heteroatoms. The number of hydrogen-bond donors (Lipinski definition) is 2. The van der Waals surface area contributed by atoms with Crippen LogP contribution in [0.25, 0.3) is 0 Å². The molecule has 0 saturated heterocycles. The first-order chi connectivity index (χ1) is 18.0. The van der Waals surface area contributed by atoms with E-state index in [4.69, 9.17) is 21.1 Å². The number of anilines is 1. The molecule has 0 aliphatic heterocycles. The molecule has 0 fully saturated rings. The molecule has 4 aromatic rings. The number of halogens is 1. The minimum Gasteiger partial charge on any atom is -0.457 e. The Labute approximate surface area is 221 Å². The van der Waals surface area contributed by atoms with E-state index in [0.717, 1.165) is 11.3 Å². The predicted octanol–water partition coefficient (Wildman–Crippen LogP) is 6.39. The van der Waals surface area contributed by atoms with Crippen LogP contribution in [0, 0.1) is 6.92 Å². The van der Waals surface area contributed by atoms with Crippen LogP contribution in [-0.2, 0) is 16.1 Å². The fourth-order valence-corrected chi connectivity index (χ4v) is 3.86. The van der Waals surface area contributed by atoms with Crippen molar-refractivity contribution in [2.75, 3.05) is 11.9 Å². The molecule has 188 valence electrons. The van der Waals surface area contributed by atoms with E-state index in [9.17, 15) is 9.59 Å². The zero-order valence-corrected chi connectivity index (χ0v) is 21.1. The Morgan fingerprint density at radius 2 is 1.49 bits per heavy atom. The van der Waals surface area contributed by atoms with Crippen molar-refractivity contribution in [2.45, 2.75) is 19.6 Å². The maximum atomic E-state index is 13.2. The molecule has 0 saturated carbocycles. The number of nitrogens with one attached hydrogen (secondary N) is 2. The first-order valence-corrected chi connectivity index (χ1v) is 12.2. The molecule has 2 N–H and O–H groups in total. The average Bonchev–Trinajstić information content (AvgIpc) is 2.90. The normalized spacial score (nSPS) is 11.4. The number of ether oxygens (including phenoxy) is 2. The lowest BCUT2D eigenvalue weighted by molar-refractivity contribution is -0.119. The molecule has 0 aliphatic rings. The van der Waals surface area contributed by atoms with E-state index >= 15 is 0 Å². The van der Waals surface area contributed by atoms with Crippen molar-refractivity contribution in [3.05, 3.63) is 125 Å². The third kappa shape index (κ3) is 7.67. The van der Waals surface area contributed by atoms with E-state index < -0.39 is 11.9 Å². The van der Waals surface area contributed by atoms with Gasteiger partial charge in [-0.2, -0.15) is 0 Å². The summed E-state index contributed by atoms with van der Waals surface area (Å²) in [5, 5.41) is 6.19. The fraction of sp³-hybridized carbons (Fsp3) is 0.133. The minimum atomic E-state index is -0.925. The number of hydrogen-bond acceptors (Lipinski definition) is 4. The summed E-state index contributed by atoms with van der Waals surface area (Å²) in [5.74, 6) is 0.572. The lowest BCUT2D eigenvalue weighted by atomic mass is 10.1. The van der Waals surface area contributed by atoms with Crippen molar-refractivity contribution >= 4 is 29.1 Å². The van der Waals surface area contributed by atoms with Gasteiger partial charge in [0.1, 0.15) is 17.5 Å². The fourth-order valence-electron chi connectivity index (χ4n) is 3.63. The molecule has 0 heterocycles. The first kappa shape index (κ1) is 25.9. The first-order valence-electron chi connectivity index (χ1n) is 11.8. The van der Waals surface area contributed by atoms with Crippen molar-refractivity contribution in [1.82, 2.24) is 5.32 Å². The Kier molecular flexibility index (Phi) is 8.92. The molecule has 0 aliphatic carbocycles. The number of amides is 2. The molecule has 0 radical (unpaired) electrons. The molecule has 4 rings (SSSR count). The summed E-state index contributed by atoms with van der Waals surface area (Å²) in [6.45, 7) is 2.10. The summed E-state index contributed by atoms with van der Waals surface area (Å²) >= 11 is 6.03. The highest BCUT2D eigenvalue weighted by molar-refractivity contribution is 6.30. The Hall–Kier alpha value is -4.13. The van der Waals surface area contributed by atoms with Crippen LogP contribution >= 0.6 is 11.6 Å². The van der Waals surface area contributed by atoms with Gasteiger partial charge in [-0.15, -0.1) is 0 Å². The molecule has 2 amide bonds. The highest BCUT2D eigenvalue weighted by atomic mass is 35.5. The van der Waals surface area contributed by atoms with Crippen LogP contribution in [-0.4, -0.2) is 24.5 Å². The second kappa shape index (κ2) is 12.7. The Morgan fingerprint density at radius 3 is 2.16 bits per heavy atom. The van der Waals surface area contributed by atoms with E-state index in [-0.39, 0.29) is 12.5 Å². The van der Waals surface area contributed by atoms with Crippen LogP contribution in [0.3, 0.4) is 0 Å². The number of carbonyl (C=O) groups excluding carboxylic acids is 2. The Bertz CT molecular complexity index is 1330. The molecule has 0 aromatic heterocycles. The SMILES string of the molecule is Cc1cc(Cl)ccc1C(=O)NC(COCc1ccccc1)C(=O)Nc1ccc(Oc2ccccc2)cc1. The molecule has 0 spiro atoms. The van der Waals surface area contributed by atoms with Gasteiger partial charge in [-0.1, -0.05) is 60.1 Å². The van der Waals surface area contributed by atoms with Gasteiger partial charge in [-0.05, 0) is 72.6 Å². The van der Waals surface area contributed by atoms with E-state index in [2.05, 4.69) is 10.6 Å². The summed E-state index contributed by atoms with van der Waals surface area (Å²) in [7, 11) is 0. The molecule has 1 unspecified atom stereocenters. The van der Waals surface area contributed by atoms with Gasteiger partial charge in [0.25, 0.3) is 5.91 Å². The summed E-state index contributed by atoms with van der Waals surface area (Å²) in [6, 6.07) is 30.1. The van der Waals surface area contributed by atoms with Gasteiger partial charge >= 0.3 is 0 Å². The van der Waals surface area contributed by atoms with Gasteiger partial charge in [0.2, 0.25) is 5.91 Å². The third-order valence-electron chi connectivity index (χ3n) is 5.55. The van der Waals surface area contributed by atoms with Gasteiger partial charge in [0.15, 0.2) is 0 Å². The molecular weight excluding hydrogens is 488 g/mol. The van der Waals surface area contributed by atoms with Crippen LogP contribution < -0.4 is 15.4 Å². The molecular formula is C30H27ClN2O4. The lowest BCUT2D eigenvalue weighted by Crippen LogP contribution is -2.47. The van der Waals surface area contributed by atoms with Gasteiger partial charge in [-0.3, -0.25) is 9.59 Å². The van der Waals surface area contributed by atoms with Crippen LogP contribution in [0.5, 0.6) is 11.5 Å². The number of para-hydroxylation sites is 1. The van der Waals surface area contributed by atoms with Gasteiger partial charge in [0.05, 0.1) is 13.2 Å². The monoisotopic (exact) mass is 514 g/mol. The number of rotatable bonds is 10. The highest BCUT2D eigenvalue weighted by Gasteiger charge is 2.23. The summed E-state index contributed by atoms with van der Waals surface area (Å²) in [5.41, 5.74) is 2.68. The van der Waals surface area contributed by atoms with Gasteiger partial charge in [-0.25, -0.2) is 0 Å². The van der Waals surface area contributed by atoms with Crippen molar-refractivity contribution in [2.24, 2.45) is 0 Å². The zero-order valence-electron chi connectivity index (χ0n) is 20.3. The quantitative estimate of drug-likeness (QED) is 0.257.